The Morgan fingerprint density at radius 3 is 2.23 bits per heavy atom. The normalized spacial score (nSPS) is 11.6. The molecule has 0 aliphatic heterocycles. The fourth-order valence-corrected chi connectivity index (χ4v) is 2.65. The van der Waals surface area contributed by atoms with Gasteiger partial charge in [0.05, 0.1) is 7.11 Å². The minimum absolute atomic E-state index is 0.335. The van der Waals surface area contributed by atoms with Gasteiger partial charge in [-0.2, -0.15) is 0 Å². The zero-order chi connectivity index (χ0) is 18.2. The summed E-state index contributed by atoms with van der Waals surface area (Å²) in [5, 5.41) is 3.26. The van der Waals surface area contributed by atoms with Crippen molar-refractivity contribution in [3.8, 4) is 11.5 Å². The highest BCUT2D eigenvalue weighted by atomic mass is 16.5. The molecule has 1 unspecified atom stereocenters. The van der Waals surface area contributed by atoms with Gasteiger partial charge >= 0.3 is 5.97 Å². The van der Waals surface area contributed by atoms with Gasteiger partial charge in [0.2, 0.25) is 0 Å². The fourth-order valence-electron chi connectivity index (χ4n) is 2.65. The van der Waals surface area contributed by atoms with E-state index in [9.17, 15) is 4.79 Å². The van der Waals surface area contributed by atoms with Crippen molar-refractivity contribution < 1.29 is 14.3 Å². The summed E-state index contributed by atoms with van der Waals surface area (Å²) in [5.74, 6) is 1.08. The maximum Gasteiger partial charge on any atom is 0.327 e. The molecule has 0 spiro atoms. The first-order valence-electron chi connectivity index (χ1n) is 8.44. The first kappa shape index (κ1) is 17.7. The van der Waals surface area contributed by atoms with Gasteiger partial charge in [-0.1, -0.05) is 60.7 Å². The number of ether oxygens (including phenoxy) is 2. The zero-order valence-corrected chi connectivity index (χ0v) is 14.6. The van der Waals surface area contributed by atoms with Gasteiger partial charge in [0, 0.05) is 6.54 Å². The van der Waals surface area contributed by atoms with Gasteiger partial charge in [0.25, 0.3) is 0 Å². The largest absolute Gasteiger partial charge is 0.468 e. The first-order valence-corrected chi connectivity index (χ1v) is 8.44. The molecule has 0 saturated heterocycles. The number of benzene rings is 3. The predicted octanol–water partition coefficient (Wildman–Crippen LogP) is 4.48. The van der Waals surface area contributed by atoms with Crippen LogP contribution in [-0.2, 0) is 16.1 Å². The fraction of sp³-hybridized carbons (Fsp3) is 0.136. The van der Waals surface area contributed by atoms with Gasteiger partial charge in [-0.3, -0.25) is 5.32 Å². The number of nitrogens with one attached hydrogen (secondary N) is 1. The molecule has 0 aliphatic carbocycles. The number of carbonyl (C=O) groups is 1. The summed E-state index contributed by atoms with van der Waals surface area (Å²) in [4.78, 5) is 12.3. The summed E-state index contributed by atoms with van der Waals surface area (Å²) in [6.07, 6.45) is 0. The van der Waals surface area contributed by atoms with Crippen molar-refractivity contribution in [3.63, 3.8) is 0 Å². The second kappa shape index (κ2) is 8.83. The molecule has 0 aromatic heterocycles. The van der Waals surface area contributed by atoms with Gasteiger partial charge in [0.1, 0.15) is 17.5 Å². The van der Waals surface area contributed by atoms with Crippen LogP contribution < -0.4 is 10.1 Å². The zero-order valence-electron chi connectivity index (χ0n) is 14.6. The van der Waals surface area contributed by atoms with Crippen LogP contribution in [0.25, 0.3) is 0 Å². The van der Waals surface area contributed by atoms with E-state index in [-0.39, 0.29) is 5.97 Å². The molecule has 1 atom stereocenters. The Hall–Kier alpha value is -3.11. The Bertz CT molecular complexity index is 834. The number of carbonyl (C=O) groups excluding carboxylic acids is 1. The summed E-state index contributed by atoms with van der Waals surface area (Å²) >= 11 is 0. The lowest BCUT2D eigenvalue weighted by molar-refractivity contribution is -0.143. The second-order valence-electron chi connectivity index (χ2n) is 5.81. The Balaban J connectivity index is 1.77. The van der Waals surface area contributed by atoms with Crippen LogP contribution in [0.2, 0.25) is 0 Å². The molecule has 3 aromatic carbocycles. The van der Waals surface area contributed by atoms with Crippen molar-refractivity contribution in [3.05, 3.63) is 96.1 Å². The number of methoxy groups -OCH3 is 1. The van der Waals surface area contributed by atoms with E-state index in [1.165, 1.54) is 7.11 Å². The molecule has 0 amide bonds. The van der Waals surface area contributed by atoms with E-state index >= 15 is 0 Å². The van der Waals surface area contributed by atoms with Crippen LogP contribution in [0, 0.1) is 0 Å². The highest BCUT2D eigenvalue weighted by Gasteiger charge is 2.21. The number of esters is 1. The van der Waals surface area contributed by atoms with Gasteiger partial charge in [0.15, 0.2) is 0 Å². The number of hydrogen-bond donors (Lipinski definition) is 1. The molecule has 0 saturated carbocycles. The Morgan fingerprint density at radius 2 is 1.54 bits per heavy atom. The molecular weight excluding hydrogens is 326 g/mol. The standard InChI is InChI=1S/C22H21NO3/c1-25-22(24)21(23-16-17-9-4-2-5-10-17)18-11-8-14-20(15-18)26-19-12-6-3-7-13-19/h2-15,21,23H,16H2,1H3. The summed E-state index contributed by atoms with van der Waals surface area (Å²) in [6, 6.07) is 26.4. The first-order chi connectivity index (χ1) is 12.8. The highest BCUT2D eigenvalue weighted by Crippen LogP contribution is 2.25. The molecule has 3 rings (SSSR count). The molecule has 132 valence electrons. The molecule has 0 fully saturated rings. The Morgan fingerprint density at radius 1 is 0.885 bits per heavy atom. The third-order valence-corrected chi connectivity index (χ3v) is 3.96. The van der Waals surface area contributed by atoms with Crippen LogP contribution in [-0.4, -0.2) is 13.1 Å². The molecule has 0 bridgehead atoms. The van der Waals surface area contributed by atoms with Crippen molar-refractivity contribution in [2.45, 2.75) is 12.6 Å². The summed E-state index contributed by atoms with van der Waals surface area (Å²) in [6.45, 7) is 0.560. The van der Waals surface area contributed by atoms with Gasteiger partial charge < -0.3 is 9.47 Å². The van der Waals surface area contributed by atoms with Crippen LogP contribution in [0.4, 0.5) is 0 Å². The van der Waals surface area contributed by atoms with E-state index in [0.29, 0.717) is 12.3 Å². The van der Waals surface area contributed by atoms with E-state index in [0.717, 1.165) is 16.9 Å². The molecule has 0 heterocycles. The average molecular weight is 347 g/mol. The van der Waals surface area contributed by atoms with Crippen molar-refractivity contribution in [2.75, 3.05) is 7.11 Å². The quantitative estimate of drug-likeness (QED) is 0.640. The van der Waals surface area contributed by atoms with Gasteiger partial charge in [-0.25, -0.2) is 4.79 Å². The number of rotatable bonds is 7. The lowest BCUT2D eigenvalue weighted by Gasteiger charge is -2.18. The van der Waals surface area contributed by atoms with Crippen LogP contribution >= 0.6 is 0 Å². The molecule has 0 aliphatic rings. The lowest BCUT2D eigenvalue weighted by atomic mass is 10.1. The molecule has 26 heavy (non-hydrogen) atoms. The maximum absolute atomic E-state index is 12.3. The van der Waals surface area contributed by atoms with E-state index in [2.05, 4.69) is 5.32 Å². The summed E-state index contributed by atoms with van der Waals surface area (Å²) < 4.78 is 10.8. The molecule has 3 aromatic rings. The van der Waals surface area contributed by atoms with Crippen LogP contribution in [0.5, 0.6) is 11.5 Å². The summed E-state index contributed by atoms with van der Waals surface area (Å²) in [7, 11) is 1.39. The third kappa shape index (κ3) is 4.71. The summed E-state index contributed by atoms with van der Waals surface area (Å²) in [5.41, 5.74) is 1.89. The van der Waals surface area contributed by atoms with E-state index < -0.39 is 6.04 Å². The monoisotopic (exact) mass is 347 g/mol. The van der Waals surface area contributed by atoms with Crippen LogP contribution in [0.3, 0.4) is 0 Å². The maximum atomic E-state index is 12.3. The molecular formula is C22H21NO3. The topological polar surface area (TPSA) is 47.6 Å². The Kier molecular flexibility index (Phi) is 6.01. The molecule has 1 N–H and O–H groups in total. The minimum atomic E-state index is -0.570. The number of para-hydroxylation sites is 1. The number of hydrogen-bond acceptors (Lipinski definition) is 4. The Labute approximate surface area is 153 Å². The molecule has 0 radical (unpaired) electrons. The average Bonchev–Trinajstić information content (AvgIpc) is 2.70. The third-order valence-electron chi connectivity index (χ3n) is 3.96. The molecule has 4 heteroatoms. The predicted molar refractivity (Wildman–Crippen MR) is 101 cm³/mol. The highest BCUT2D eigenvalue weighted by molar-refractivity contribution is 5.77. The van der Waals surface area contributed by atoms with Crippen molar-refractivity contribution >= 4 is 5.97 Å². The minimum Gasteiger partial charge on any atom is -0.468 e. The van der Waals surface area contributed by atoms with E-state index in [1.54, 1.807) is 0 Å². The van der Waals surface area contributed by atoms with E-state index in [4.69, 9.17) is 9.47 Å². The van der Waals surface area contributed by atoms with Gasteiger partial charge in [-0.05, 0) is 35.4 Å². The SMILES string of the molecule is COC(=O)C(NCc1ccccc1)c1cccc(Oc2ccccc2)c1. The van der Waals surface area contributed by atoms with E-state index in [1.807, 2.05) is 84.9 Å². The molecule has 4 nitrogen and oxygen atoms in total. The van der Waals surface area contributed by atoms with Crippen molar-refractivity contribution in [2.24, 2.45) is 0 Å². The second-order valence-corrected chi connectivity index (χ2v) is 5.81. The van der Waals surface area contributed by atoms with Crippen molar-refractivity contribution in [1.29, 1.82) is 0 Å². The van der Waals surface area contributed by atoms with Crippen LogP contribution in [0.15, 0.2) is 84.9 Å². The lowest BCUT2D eigenvalue weighted by Crippen LogP contribution is -2.29. The van der Waals surface area contributed by atoms with Crippen LogP contribution in [0.1, 0.15) is 17.2 Å². The van der Waals surface area contributed by atoms with Gasteiger partial charge in [-0.15, -0.1) is 0 Å². The van der Waals surface area contributed by atoms with Crippen molar-refractivity contribution in [1.82, 2.24) is 5.32 Å². The smallest absolute Gasteiger partial charge is 0.327 e.